The first-order chi connectivity index (χ1) is 15.0. The highest BCUT2D eigenvalue weighted by atomic mass is 79.9. The normalized spacial score (nSPS) is 11.2. The van der Waals surface area contributed by atoms with E-state index in [1.807, 2.05) is 55.6 Å². The molecule has 4 rings (SSSR count). The Labute approximate surface area is 188 Å². The van der Waals surface area contributed by atoms with E-state index in [0.29, 0.717) is 18.9 Å². The van der Waals surface area contributed by atoms with Crippen molar-refractivity contribution in [2.45, 2.75) is 39.2 Å². The molecule has 0 saturated carbocycles. The minimum absolute atomic E-state index is 0.204. The Morgan fingerprint density at radius 2 is 2.00 bits per heavy atom. The second-order valence-corrected chi connectivity index (χ2v) is 8.36. The number of unbranched alkanes of at least 4 members (excludes halogenated alkanes) is 1. The molecule has 0 aliphatic rings. The number of H-pyrrole nitrogens is 1. The summed E-state index contributed by atoms with van der Waals surface area (Å²) in [6.45, 7) is 2.20. The molecule has 0 radical (unpaired) electrons. The lowest BCUT2D eigenvalue weighted by Gasteiger charge is -2.06. The van der Waals surface area contributed by atoms with E-state index in [0.717, 1.165) is 51.0 Å². The Morgan fingerprint density at radius 3 is 2.77 bits per heavy atom. The number of aryl methyl sites for hydroxylation is 2. The number of nitrogens with one attached hydrogen (secondary N) is 1. The first kappa shape index (κ1) is 21.2. The fourth-order valence-corrected chi connectivity index (χ4v) is 3.74. The molecule has 6 nitrogen and oxygen atoms in total. The smallest absolute Gasteiger partial charge is 0.303 e. The average Bonchev–Trinajstić information content (AvgIpc) is 3.33. The van der Waals surface area contributed by atoms with Gasteiger partial charge in [0.1, 0.15) is 23.8 Å². The number of hydrogen-bond donors (Lipinski definition) is 2. The summed E-state index contributed by atoms with van der Waals surface area (Å²) in [7, 11) is 0. The zero-order chi connectivity index (χ0) is 21.8. The highest BCUT2D eigenvalue weighted by Gasteiger charge is 2.13. The van der Waals surface area contributed by atoms with E-state index in [1.54, 1.807) is 0 Å². The zero-order valence-corrected chi connectivity index (χ0v) is 18.7. The molecule has 2 aromatic carbocycles. The fraction of sp³-hybridized carbons (Fsp3) is 0.250. The van der Waals surface area contributed by atoms with E-state index in [9.17, 15) is 4.79 Å². The van der Waals surface area contributed by atoms with Crippen LogP contribution in [0.1, 0.15) is 36.3 Å². The van der Waals surface area contributed by atoms with Crippen LogP contribution in [0.5, 0.6) is 5.75 Å². The van der Waals surface area contributed by atoms with Crippen LogP contribution >= 0.6 is 15.9 Å². The van der Waals surface area contributed by atoms with Crippen molar-refractivity contribution in [1.82, 2.24) is 9.97 Å². The van der Waals surface area contributed by atoms with Crippen molar-refractivity contribution in [3.8, 4) is 17.2 Å². The van der Waals surface area contributed by atoms with E-state index in [-0.39, 0.29) is 6.42 Å². The predicted octanol–water partition coefficient (Wildman–Crippen LogP) is 6.27. The van der Waals surface area contributed by atoms with Crippen molar-refractivity contribution in [2.75, 3.05) is 0 Å². The van der Waals surface area contributed by atoms with E-state index in [1.165, 1.54) is 5.56 Å². The van der Waals surface area contributed by atoms with Crippen molar-refractivity contribution in [2.24, 2.45) is 0 Å². The molecule has 0 saturated heterocycles. The van der Waals surface area contributed by atoms with Gasteiger partial charge >= 0.3 is 5.97 Å². The molecule has 4 aromatic rings. The van der Waals surface area contributed by atoms with E-state index in [2.05, 4.69) is 25.9 Å². The summed E-state index contributed by atoms with van der Waals surface area (Å²) in [6.07, 6.45) is 4.53. The lowest BCUT2D eigenvalue weighted by molar-refractivity contribution is -0.137. The van der Waals surface area contributed by atoms with Crippen molar-refractivity contribution in [3.63, 3.8) is 0 Å². The summed E-state index contributed by atoms with van der Waals surface area (Å²) in [5.74, 6) is 1.32. The third-order valence-electron chi connectivity index (χ3n) is 5.19. The number of carbonyl (C=O) groups is 1. The van der Waals surface area contributed by atoms with Crippen molar-refractivity contribution in [1.29, 1.82) is 0 Å². The van der Waals surface area contributed by atoms with Crippen molar-refractivity contribution >= 4 is 32.8 Å². The topological polar surface area (TPSA) is 88.4 Å². The molecule has 2 heterocycles. The highest BCUT2D eigenvalue weighted by molar-refractivity contribution is 9.10. The van der Waals surface area contributed by atoms with Crippen LogP contribution in [0.4, 0.5) is 0 Å². The maximum absolute atomic E-state index is 10.7. The second kappa shape index (κ2) is 9.39. The Morgan fingerprint density at radius 1 is 1.19 bits per heavy atom. The molecule has 2 aromatic heterocycles. The molecule has 160 valence electrons. The molecule has 7 heteroatoms. The SMILES string of the molecule is Cc1oc(-c2ccc(Br)cc2)nc1COc1ccc2[nH]cc(CCCCC(=O)O)c2c1. The molecule has 2 N–H and O–H groups in total. The third-order valence-corrected chi connectivity index (χ3v) is 5.71. The molecule has 0 bridgehead atoms. The van der Waals surface area contributed by atoms with Gasteiger partial charge in [0.25, 0.3) is 0 Å². The minimum atomic E-state index is -0.749. The minimum Gasteiger partial charge on any atom is -0.487 e. The van der Waals surface area contributed by atoms with Crippen molar-refractivity contribution in [3.05, 3.63) is 70.2 Å². The molecule has 0 atom stereocenters. The maximum atomic E-state index is 10.7. The first-order valence-electron chi connectivity index (χ1n) is 10.2. The van der Waals surface area contributed by atoms with Gasteiger partial charge in [-0.15, -0.1) is 0 Å². The van der Waals surface area contributed by atoms with E-state index >= 15 is 0 Å². The van der Waals surface area contributed by atoms with Gasteiger partial charge < -0.3 is 19.2 Å². The number of halogens is 1. The van der Waals surface area contributed by atoms with Crippen LogP contribution in [-0.2, 0) is 17.8 Å². The number of carboxylic acids is 1. The van der Waals surface area contributed by atoms with Crippen molar-refractivity contribution < 1.29 is 19.1 Å². The summed E-state index contributed by atoms with van der Waals surface area (Å²) in [4.78, 5) is 18.6. The van der Waals surface area contributed by atoms with Gasteiger partial charge in [-0.25, -0.2) is 4.98 Å². The van der Waals surface area contributed by atoms with Gasteiger partial charge in [0.05, 0.1) is 0 Å². The van der Waals surface area contributed by atoms with Gasteiger partial charge in [-0.2, -0.15) is 0 Å². The average molecular weight is 483 g/mol. The van der Waals surface area contributed by atoms with Crippen LogP contribution in [0.2, 0.25) is 0 Å². The third kappa shape index (κ3) is 5.17. The molecule has 0 amide bonds. The number of rotatable bonds is 9. The summed E-state index contributed by atoms with van der Waals surface area (Å²) < 4.78 is 12.8. The number of nitrogens with zero attached hydrogens (tertiary/aromatic N) is 1. The molecule has 0 unspecified atom stereocenters. The Hall–Kier alpha value is -3.06. The molecule has 0 aliphatic heterocycles. The second-order valence-electron chi connectivity index (χ2n) is 7.44. The molecule has 0 fully saturated rings. The molecule has 0 spiro atoms. The monoisotopic (exact) mass is 482 g/mol. The van der Waals surface area contributed by atoms with E-state index in [4.69, 9.17) is 14.3 Å². The Balaban J connectivity index is 1.43. The molecule has 31 heavy (non-hydrogen) atoms. The number of aliphatic carboxylic acids is 1. The Bertz CT molecular complexity index is 1190. The van der Waals surface area contributed by atoms with E-state index < -0.39 is 5.97 Å². The predicted molar refractivity (Wildman–Crippen MR) is 122 cm³/mol. The number of ether oxygens (including phenoxy) is 1. The highest BCUT2D eigenvalue weighted by Crippen LogP contribution is 2.27. The van der Waals surface area contributed by atoms with Crippen LogP contribution < -0.4 is 4.74 Å². The van der Waals surface area contributed by atoms with Crippen LogP contribution in [0.25, 0.3) is 22.4 Å². The summed E-state index contributed by atoms with van der Waals surface area (Å²) in [5.41, 5.74) is 3.89. The zero-order valence-electron chi connectivity index (χ0n) is 17.2. The van der Waals surface area contributed by atoms with Crippen LogP contribution in [0.15, 0.2) is 57.6 Å². The number of benzene rings is 2. The molecular formula is C24H23BrN2O4. The van der Waals surface area contributed by atoms with Gasteiger partial charge in [-0.1, -0.05) is 15.9 Å². The summed E-state index contributed by atoms with van der Waals surface area (Å²) in [6, 6.07) is 13.8. The fourth-order valence-electron chi connectivity index (χ4n) is 3.48. The number of fused-ring (bicyclic) bond motifs is 1. The number of carboxylic acid groups (broad SMARTS) is 1. The number of oxazole rings is 1. The molecule has 0 aliphatic carbocycles. The summed E-state index contributed by atoms with van der Waals surface area (Å²) in [5, 5.41) is 9.89. The number of hydrogen-bond acceptors (Lipinski definition) is 4. The van der Waals surface area contributed by atoms with Gasteiger partial charge in [0, 0.05) is 33.6 Å². The van der Waals surface area contributed by atoms with Crippen LogP contribution in [-0.4, -0.2) is 21.0 Å². The largest absolute Gasteiger partial charge is 0.487 e. The van der Waals surface area contributed by atoms with Gasteiger partial charge in [-0.05, 0) is 74.2 Å². The van der Waals surface area contributed by atoms with Gasteiger partial charge in [0.15, 0.2) is 0 Å². The van der Waals surface area contributed by atoms with Gasteiger partial charge in [-0.3, -0.25) is 4.79 Å². The lowest BCUT2D eigenvalue weighted by Crippen LogP contribution is -1.97. The van der Waals surface area contributed by atoms with Crippen LogP contribution in [0, 0.1) is 6.92 Å². The van der Waals surface area contributed by atoms with Crippen LogP contribution in [0.3, 0.4) is 0 Å². The lowest BCUT2D eigenvalue weighted by atomic mass is 10.1. The molecular weight excluding hydrogens is 460 g/mol. The standard InChI is InChI=1S/C24H23BrN2O4/c1-15-22(27-24(31-15)16-6-8-18(25)9-7-16)14-30-19-10-11-21-20(12-19)17(13-26-21)4-2-3-5-23(28)29/h6-13,26H,2-5,14H2,1H3,(H,28,29). The summed E-state index contributed by atoms with van der Waals surface area (Å²) >= 11 is 3.43. The first-order valence-corrected chi connectivity index (χ1v) is 11.0. The number of aromatic amines is 1. The Kier molecular flexibility index (Phi) is 6.42. The maximum Gasteiger partial charge on any atom is 0.303 e. The number of aromatic nitrogens is 2. The quantitative estimate of drug-likeness (QED) is 0.274. The van der Waals surface area contributed by atoms with Gasteiger partial charge in [0.2, 0.25) is 5.89 Å².